The van der Waals surface area contributed by atoms with Crippen LogP contribution in [0, 0.1) is 16.4 Å². The summed E-state index contributed by atoms with van der Waals surface area (Å²) in [4.78, 5) is 23.1. The Balaban J connectivity index is 2.84. The molecule has 0 bridgehead atoms. The summed E-state index contributed by atoms with van der Waals surface area (Å²) < 4.78 is 1.10. The molecule has 0 saturated carbocycles. The number of nitrogens with one attached hydrogen (secondary N) is 2. The van der Waals surface area contributed by atoms with Crippen molar-refractivity contribution < 1.29 is 9.59 Å². The Kier molecular flexibility index (Phi) is 5.59. The van der Waals surface area contributed by atoms with E-state index in [0.717, 1.165) is 14.8 Å². The van der Waals surface area contributed by atoms with Gasteiger partial charge in [-0.05, 0) is 59.2 Å². The molecule has 0 radical (unpaired) electrons. The fourth-order valence-corrected chi connectivity index (χ4v) is 2.31. The molecule has 0 aromatic heterocycles. The van der Waals surface area contributed by atoms with Crippen molar-refractivity contribution in [1.29, 1.82) is 0 Å². The molecule has 0 saturated heterocycles. The van der Waals surface area contributed by atoms with Gasteiger partial charge in [0.2, 0.25) is 5.91 Å². The maximum absolute atomic E-state index is 12.1. The van der Waals surface area contributed by atoms with Gasteiger partial charge in [-0.3, -0.25) is 4.79 Å². The van der Waals surface area contributed by atoms with Crippen molar-refractivity contribution in [2.45, 2.75) is 26.8 Å². The minimum atomic E-state index is -0.701. The highest BCUT2D eigenvalue weighted by Crippen LogP contribution is 2.18. The molecule has 1 rings (SSSR count). The third-order valence-electron chi connectivity index (χ3n) is 2.69. The number of aryl methyl sites for hydroxylation is 1. The number of carbonyl (C=O) groups excluding carboxylic acids is 2. The molecular formula is C13H18IN3O2. The first-order chi connectivity index (χ1) is 8.81. The number of primary amides is 1. The number of amides is 3. The average molecular weight is 375 g/mol. The topological polar surface area (TPSA) is 84.2 Å². The summed E-state index contributed by atoms with van der Waals surface area (Å²) >= 11 is 2.21. The van der Waals surface area contributed by atoms with Crippen LogP contribution in [0.3, 0.4) is 0 Å². The van der Waals surface area contributed by atoms with Crippen molar-refractivity contribution in [3.8, 4) is 0 Å². The van der Waals surface area contributed by atoms with Crippen molar-refractivity contribution in [1.82, 2.24) is 5.32 Å². The van der Waals surface area contributed by atoms with Crippen molar-refractivity contribution in [2.75, 3.05) is 5.32 Å². The fraction of sp³-hybridized carbons (Fsp3) is 0.385. The van der Waals surface area contributed by atoms with E-state index in [0.29, 0.717) is 0 Å². The van der Waals surface area contributed by atoms with Gasteiger partial charge in [0.15, 0.2) is 0 Å². The first-order valence-electron chi connectivity index (χ1n) is 5.94. The molecule has 0 aliphatic rings. The van der Waals surface area contributed by atoms with E-state index in [1.165, 1.54) is 0 Å². The molecular weight excluding hydrogens is 357 g/mol. The summed E-state index contributed by atoms with van der Waals surface area (Å²) in [6.07, 6.45) is 0. The predicted octanol–water partition coefficient (Wildman–Crippen LogP) is 2.23. The molecule has 0 heterocycles. The van der Waals surface area contributed by atoms with Crippen LogP contribution < -0.4 is 16.4 Å². The fourth-order valence-electron chi connectivity index (χ4n) is 1.67. The monoisotopic (exact) mass is 375 g/mol. The van der Waals surface area contributed by atoms with Crippen molar-refractivity contribution in [2.24, 2.45) is 11.7 Å². The van der Waals surface area contributed by atoms with E-state index in [-0.39, 0.29) is 11.8 Å². The molecule has 4 N–H and O–H groups in total. The maximum Gasteiger partial charge on any atom is 0.312 e. The zero-order valence-electron chi connectivity index (χ0n) is 11.2. The molecule has 1 aromatic carbocycles. The van der Waals surface area contributed by atoms with E-state index in [9.17, 15) is 9.59 Å². The van der Waals surface area contributed by atoms with E-state index in [4.69, 9.17) is 5.73 Å². The van der Waals surface area contributed by atoms with Crippen molar-refractivity contribution in [3.05, 3.63) is 27.3 Å². The second-order valence-electron chi connectivity index (χ2n) is 4.68. The van der Waals surface area contributed by atoms with Crippen molar-refractivity contribution in [3.63, 3.8) is 0 Å². The van der Waals surface area contributed by atoms with Crippen LogP contribution in [0.5, 0.6) is 0 Å². The second-order valence-corrected chi connectivity index (χ2v) is 5.92. The lowest BCUT2D eigenvalue weighted by Gasteiger charge is -2.21. The highest BCUT2D eigenvalue weighted by Gasteiger charge is 2.23. The Morgan fingerprint density at radius 2 is 1.95 bits per heavy atom. The van der Waals surface area contributed by atoms with E-state index in [2.05, 4.69) is 33.2 Å². The number of nitrogens with two attached hydrogens (primary N) is 1. The largest absolute Gasteiger partial charge is 0.352 e. The van der Waals surface area contributed by atoms with E-state index >= 15 is 0 Å². The number of carbonyl (C=O) groups is 2. The van der Waals surface area contributed by atoms with Gasteiger partial charge >= 0.3 is 6.03 Å². The molecule has 104 valence electrons. The number of benzene rings is 1. The van der Waals surface area contributed by atoms with Gasteiger partial charge in [-0.1, -0.05) is 13.8 Å². The average Bonchev–Trinajstić information content (AvgIpc) is 2.29. The van der Waals surface area contributed by atoms with Crippen LogP contribution in [0.25, 0.3) is 0 Å². The smallest absolute Gasteiger partial charge is 0.312 e. The van der Waals surface area contributed by atoms with Gasteiger partial charge in [-0.2, -0.15) is 0 Å². The van der Waals surface area contributed by atoms with Crippen LogP contribution in [0.2, 0.25) is 0 Å². The van der Waals surface area contributed by atoms with Gasteiger partial charge in [0, 0.05) is 9.26 Å². The Morgan fingerprint density at radius 3 is 2.42 bits per heavy atom. The van der Waals surface area contributed by atoms with E-state index < -0.39 is 12.1 Å². The number of urea groups is 1. The van der Waals surface area contributed by atoms with Gasteiger partial charge < -0.3 is 16.4 Å². The first kappa shape index (κ1) is 15.7. The standard InChI is InChI=1S/C13H18IN3O2/c1-7(2)11(17-13(15)19)12(18)16-10-5-4-9(14)6-8(10)3/h4-7,11H,1-3H3,(H,16,18)(H3,15,17,19)/t11-/m1/s1. The van der Waals surface area contributed by atoms with Crippen LogP contribution in [0.1, 0.15) is 19.4 Å². The Hall–Kier alpha value is -1.31. The van der Waals surface area contributed by atoms with Crippen LogP contribution in [0.4, 0.5) is 10.5 Å². The van der Waals surface area contributed by atoms with E-state index in [1.807, 2.05) is 39.0 Å². The molecule has 0 unspecified atom stereocenters. The van der Waals surface area contributed by atoms with Crippen LogP contribution >= 0.6 is 22.6 Å². The zero-order valence-corrected chi connectivity index (χ0v) is 13.3. The highest BCUT2D eigenvalue weighted by molar-refractivity contribution is 14.1. The minimum Gasteiger partial charge on any atom is -0.352 e. The van der Waals surface area contributed by atoms with Gasteiger partial charge in [-0.25, -0.2) is 4.79 Å². The number of rotatable bonds is 4. The molecule has 0 spiro atoms. The van der Waals surface area contributed by atoms with Gasteiger partial charge in [0.25, 0.3) is 0 Å². The third-order valence-corrected chi connectivity index (χ3v) is 3.36. The van der Waals surface area contributed by atoms with Gasteiger partial charge in [-0.15, -0.1) is 0 Å². The third kappa shape index (κ3) is 4.70. The molecule has 5 nitrogen and oxygen atoms in total. The summed E-state index contributed by atoms with van der Waals surface area (Å²) in [5.74, 6) is -0.310. The number of halogens is 1. The summed E-state index contributed by atoms with van der Waals surface area (Å²) in [7, 11) is 0. The normalized spacial score (nSPS) is 12.1. The number of anilines is 1. The van der Waals surface area contributed by atoms with E-state index in [1.54, 1.807) is 0 Å². The summed E-state index contributed by atoms with van der Waals surface area (Å²) in [6, 6.07) is 4.39. The molecule has 1 atom stereocenters. The predicted molar refractivity (Wildman–Crippen MR) is 83.9 cm³/mol. The Labute approximate surface area is 126 Å². The van der Waals surface area contributed by atoms with Gasteiger partial charge in [0.05, 0.1) is 0 Å². The first-order valence-corrected chi connectivity index (χ1v) is 7.02. The minimum absolute atomic E-state index is 0.0448. The molecule has 6 heteroatoms. The summed E-state index contributed by atoms with van der Waals surface area (Å²) in [6.45, 7) is 5.62. The zero-order chi connectivity index (χ0) is 14.6. The van der Waals surface area contributed by atoms with Crippen LogP contribution in [-0.2, 0) is 4.79 Å². The Morgan fingerprint density at radius 1 is 1.32 bits per heavy atom. The molecule has 1 aromatic rings. The second kappa shape index (κ2) is 6.74. The molecule has 0 fully saturated rings. The van der Waals surface area contributed by atoms with Crippen molar-refractivity contribution >= 4 is 40.2 Å². The van der Waals surface area contributed by atoms with Gasteiger partial charge in [0.1, 0.15) is 6.04 Å². The van der Waals surface area contributed by atoms with Crippen LogP contribution in [-0.4, -0.2) is 18.0 Å². The molecule has 19 heavy (non-hydrogen) atoms. The lowest BCUT2D eigenvalue weighted by Crippen LogP contribution is -2.49. The maximum atomic E-state index is 12.1. The van der Waals surface area contributed by atoms with Crippen LogP contribution in [0.15, 0.2) is 18.2 Å². The SMILES string of the molecule is Cc1cc(I)ccc1NC(=O)[C@H](NC(N)=O)C(C)C. The highest BCUT2D eigenvalue weighted by atomic mass is 127. The molecule has 3 amide bonds. The number of hydrogen-bond acceptors (Lipinski definition) is 2. The quantitative estimate of drug-likeness (QED) is 0.706. The molecule has 0 aliphatic heterocycles. The lowest BCUT2D eigenvalue weighted by atomic mass is 10.0. The molecule has 0 aliphatic carbocycles. The Bertz CT molecular complexity index is 489. The summed E-state index contributed by atoms with van der Waals surface area (Å²) in [5.41, 5.74) is 6.79. The summed E-state index contributed by atoms with van der Waals surface area (Å²) in [5, 5.41) is 5.27. The number of hydrogen-bond donors (Lipinski definition) is 3. The lowest BCUT2D eigenvalue weighted by molar-refractivity contribution is -0.118.